The molecule has 20 aromatic rings. The van der Waals surface area contributed by atoms with Crippen LogP contribution in [0.4, 0.5) is 0 Å². The van der Waals surface area contributed by atoms with Gasteiger partial charge in [-0.3, -0.25) is 24.2 Å². The van der Waals surface area contributed by atoms with Crippen molar-refractivity contribution in [3.8, 4) is 54.7 Å². The minimum absolute atomic E-state index is 0. The van der Waals surface area contributed by atoms with Gasteiger partial charge in [-0.2, -0.15) is 0 Å². The number of ketones is 4. The van der Waals surface area contributed by atoms with Crippen LogP contribution in [-0.4, -0.2) is 73.5 Å². The van der Waals surface area contributed by atoms with E-state index in [1.165, 1.54) is 141 Å². The van der Waals surface area contributed by atoms with Gasteiger partial charge in [0.05, 0.1) is 22.8 Å². The fourth-order valence-electron chi connectivity index (χ4n) is 14.2. The van der Waals surface area contributed by atoms with E-state index in [-0.39, 0.29) is 147 Å². The van der Waals surface area contributed by atoms with Gasteiger partial charge in [0.2, 0.25) is 0 Å². The molecule has 0 fully saturated rings. The Morgan fingerprint density at radius 1 is 0.350 bits per heavy atom. The molecule has 1 aliphatic carbocycles. The molecule has 21 heteroatoms. The fourth-order valence-corrected chi connectivity index (χ4v) is 16.2. The normalized spacial score (nSPS) is 11.0. The van der Waals surface area contributed by atoms with Crippen molar-refractivity contribution in [3.05, 3.63) is 459 Å². The predicted molar refractivity (Wildman–Crippen MR) is 543 cm³/mol. The van der Waals surface area contributed by atoms with Crippen molar-refractivity contribution in [1.82, 2.24) is 29.9 Å². The third kappa shape index (κ3) is 31.7. The first-order valence-electron chi connectivity index (χ1n) is 42.4. The van der Waals surface area contributed by atoms with Gasteiger partial charge in [0.1, 0.15) is 5.76 Å². The van der Waals surface area contributed by atoms with Crippen LogP contribution < -0.4 is 0 Å². The molecule has 0 unspecified atom stereocenters. The van der Waals surface area contributed by atoms with Crippen LogP contribution in [0.3, 0.4) is 0 Å². The summed E-state index contributed by atoms with van der Waals surface area (Å²) < 4.78 is 2.52. The first kappa shape index (κ1) is 109. The number of carbonyl (C=O) groups excluding carboxylic acids is 4. The first-order valence-corrected chi connectivity index (χ1v) is 44.1. The monoisotopic (exact) mass is 2720 g/mol. The average molecular weight is 2720 g/mol. The molecule has 0 amide bonds. The summed E-state index contributed by atoms with van der Waals surface area (Å²) in [6.45, 7) is 8.54. The summed E-state index contributed by atoms with van der Waals surface area (Å²) in [5.74, 6) is -0.404. The fraction of sp³-hybridized carbons (Fsp3) is 0.0690. The number of aromatic nitrogens is 6. The Hall–Kier alpha value is -13.2. The van der Waals surface area contributed by atoms with Crippen molar-refractivity contribution < 1.29 is 140 Å². The SMILES string of the molecule is CC(=O)C=C(C)O.CC(=O)C=C(C)O.CC(=O)C=C(C)O.O=C(C=C(O)c1ccccc1)c1ccccc1.[Ir].[Ir].[Ir].[Ir].[Ir].[c-]1c(-c2ccccn2)sc2ccccc12.[c-]1c(-c2ccccn2)sc2ccccc12.[c-]1cc(-c2ccccc2)cc2c1c1nccnc1c1ccc(-c3ccccc3)cc21.[c-]1ccc2ccccc2c1-c1cc2c(cn1)CCC=C2.[c-]1cccc2ccc3cccnc3c12. The van der Waals surface area contributed by atoms with Crippen molar-refractivity contribution in [1.29, 1.82) is 0 Å². The average Bonchev–Trinajstić information content (AvgIpc) is 1.21. The van der Waals surface area contributed by atoms with Crippen LogP contribution in [0, 0.1) is 30.3 Å². The molecular formula is C116H91Ir5N6O8S2-5. The Morgan fingerprint density at radius 2 is 0.839 bits per heavy atom. The number of hydrogen-bond donors (Lipinski definition) is 4. The van der Waals surface area contributed by atoms with Gasteiger partial charge in [-0.15, -0.1) is 135 Å². The zero-order valence-corrected chi connectivity index (χ0v) is 88.6. The summed E-state index contributed by atoms with van der Waals surface area (Å²) in [7, 11) is 0. The molecule has 0 saturated heterocycles. The van der Waals surface area contributed by atoms with E-state index in [1.54, 1.807) is 71.5 Å². The van der Waals surface area contributed by atoms with Gasteiger partial charge in [-0.25, -0.2) is 22.7 Å². The first-order chi connectivity index (χ1) is 64.3. The number of hydrogen-bond acceptors (Lipinski definition) is 16. The van der Waals surface area contributed by atoms with E-state index in [4.69, 9.17) is 15.3 Å². The van der Waals surface area contributed by atoms with Gasteiger partial charge < -0.3 is 45.3 Å². The zero-order chi connectivity index (χ0) is 92.5. The second kappa shape index (κ2) is 55.8. The maximum atomic E-state index is 11.8. The number of fused-ring (bicyclic) bond motifs is 13. The maximum Gasteiger partial charge on any atom is 0.189 e. The second-order valence-electron chi connectivity index (χ2n) is 30.2. The zero-order valence-electron chi connectivity index (χ0n) is 75.0. The minimum Gasteiger partial charge on any atom is -0.512 e. The van der Waals surface area contributed by atoms with Crippen molar-refractivity contribution in [3.63, 3.8) is 0 Å². The quantitative estimate of drug-likeness (QED) is 0.0311. The standard InChI is InChI=1S/C28H17N2.C19H14N.C15H12O2.2C13H8NS.C13H8N.3C5H8O2.5Ir/c1-3-7-19(8-4-1)21-11-13-23-25(17-21)26-18-22(20-9-5-2-6-10-20)12-14-24(26)28-27(23)29-15-16-30-28;1-2-8-16-13-20-19(12-15(16)7-1)18-11-5-9-14-6-3-4-10-17(14)18;16-14(12-7-3-1-4-8-12)11-15(17)13-9-5-2-6-10-13;2*1-2-7-12-10(5-1)9-13(15-12)11-6-3-4-8-14-11;1-2-6-12-10(4-1)7-8-11-5-3-9-14-13(11)12;3*1-4(6)3-5(2)7;;;;;/h1-13,15-18H;1,3-7,9-10,12-13H,2,8H2;1-11,16H;2*1-8H;1-5,7-9H;3*3,6H,1-2H3;;;;;/q2*-1;;3*-1;;;;;;;;. The summed E-state index contributed by atoms with van der Waals surface area (Å²) in [6, 6.07) is 124. The summed E-state index contributed by atoms with van der Waals surface area (Å²) in [6.07, 6.45) is 22.4. The van der Waals surface area contributed by atoms with E-state index in [2.05, 4.69) is 248 Å². The number of benzene rings is 13. The molecule has 13 aromatic carbocycles. The Bertz CT molecular complexity index is 7130. The van der Waals surface area contributed by atoms with Crippen molar-refractivity contribution in [2.45, 2.75) is 54.4 Å². The van der Waals surface area contributed by atoms with Crippen molar-refractivity contribution >= 4 is 143 Å². The molecule has 5 radical (unpaired) electrons. The van der Waals surface area contributed by atoms with Crippen LogP contribution in [0.15, 0.2) is 406 Å². The van der Waals surface area contributed by atoms with Gasteiger partial charge in [-0.05, 0) is 136 Å². The molecule has 0 atom stereocenters. The number of aliphatic hydroxyl groups is 4. The molecule has 7 heterocycles. The number of nitrogens with zero attached hydrogens (tertiary/aromatic N) is 6. The molecule has 0 bridgehead atoms. The van der Waals surface area contributed by atoms with Crippen LogP contribution in [-0.2, 0) is 121 Å². The van der Waals surface area contributed by atoms with E-state index in [9.17, 15) is 24.3 Å². The number of allylic oxidation sites excluding steroid dienone is 8. The van der Waals surface area contributed by atoms with Crippen LogP contribution in [0.25, 0.3) is 152 Å². The summed E-state index contributed by atoms with van der Waals surface area (Å²) in [5.41, 5.74) is 15.5. The molecule has 137 heavy (non-hydrogen) atoms. The van der Waals surface area contributed by atoms with Crippen LogP contribution in [0.2, 0.25) is 0 Å². The van der Waals surface area contributed by atoms with E-state index >= 15 is 0 Å². The number of aryl methyl sites for hydroxylation is 1. The smallest absolute Gasteiger partial charge is 0.189 e. The molecule has 1 aliphatic rings. The van der Waals surface area contributed by atoms with Crippen molar-refractivity contribution in [2.75, 3.05) is 0 Å². The minimum atomic E-state index is -0.202. The Morgan fingerprint density at radius 3 is 1.39 bits per heavy atom. The van der Waals surface area contributed by atoms with Gasteiger partial charge in [0.25, 0.3) is 0 Å². The summed E-state index contributed by atoms with van der Waals surface area (Å²) in [5, 5.41) is 47.6. The topological polar surface area (TPSA) is 227 Å². The molecule has 21 rings (SSSR count). The third-order valence-electron chi connectivity index (χ3n) is 20.1. The number of pyridine rings is 4. The van der Waals surface area contributed by atoms with Gasteiger partial charge in [0.15, 0.2) is 23.1 Å². The number of aliphatic hydroxyl groups excluding tert-OH is 4. The molecular weight excluding hydrogens is 2630 g/mol. The summed E-state index contributed by atoms with van der Waals surface area (Å²) >= 11 is 3.46. The van der Waals surface area contributed by atoms with E-state index in [0.29, 0.717) is 11.1 Å². The molecule has 695 valence electrons. The van der Waals surface area contributed by atoms with Crippen LogP contribution in [0.5, 0.6) is 0 Å². The molecule has 14 nitrogen and oxygen atoms in total. The van der Waals surface area contributed by atoms with E-state index in [0.717, 1.165) is 88.9 Å². The molecule has 0 spiro atoms. The summed E-state index contributed by atoms with van der Waals surface area (Å²) in [4.78, 5) is 71.0. The molecule has 0 aliphatic heterocycles. The molecule has 4 N–H and O–H groups in total. The van der Waals surface area contributed by atoms with E-state index in [1.807, 2.05) is 134 Å². The van der Waals surface area contributed by atoms with Crippen LogP contribution in [0.1, 0.15) is 75.0 Å². The number of thiophene rings is 2. The Labute approximate surface area is 872 Å². The van der Waals surface area contributed by atoms with Crippen molar-refractivity contribution in [2.24, 2.45) is 0 Å². The maximum absolute atomic E-state index is 11.8. The second-order valence-corrected chi connectivity index (χ2v) is 32.3. The number of carbonyl (C=O) groups is 4. The van der Waals surface area contributed by atoms with Gasteiger partial charge in [0, 0.05) is 190 Å². The Kier molecular flexibility index (Phi) is 44.4. The third-order valence-corrected chi connectivity index (χ3v) is 22.2. The Balaban J connectivity index is 0.000000195. The van der Waals surface area contributed by atoms with Gasteiger partial charge >= 0.3 is 0 Å². The number of rotatable bonds is 11. The molecule has 0 saturated carbocycles. The van der Waals surface area contributed by atoms with Crippen LogP contribution >= 0.6 is 22.7 Å². The van der Waals surface area contributed by atoms with E-state index < -0.39 is 0 Å². The van der Waals surface area contributed by atoms with Gasteiger partial charge in [-0.1, -0.05) is 276 Å². The molecule has 7 aromatic heterocycles. The predicted octanol–water partition coefficient (Wildman–Crippen LogP) is 29.0. The largest absolute Gasteiger partial charge is 0.512 e.